The van der Waals surface area contributed by atoms with Gasteiger partial charge in [-0.1, -0.05) is 41.1 Å². The third kappa shape index (κ3) is 4.56. The average molecular weight is 285 g/mol. The molecule has 0 fully saturated rings. The summed E-state index contributed by atoms with van der Waals surface area (Å²) in [6, 6.07) is 7.95. The monoisotopic (exact) mass is 285 g/mol. The number of benzene rings is 1. The molecule has 2 rings (SSSR count). The minimum Gasteiger partial charge on any atom is -0.353 e. The van der Waals surface area contributed by atoms with Crippen LogP contribution >= 0.6 is 0 Å². The van der Waals surface area contributed by atoms with Gasteiger partial charge in [0.15, 0.2) is 0 Å². The summed E-state index contributed by atoms with van der Waals surface area (Å²) in [6.45, 7) is 6.08. The molecule has 1 amide bonds. The van der Waals surface area contributed by atoms with Crippen molar-refractivity contribution >= 4 is 5.91 Å². The Morgan fingerprint density at radius 3 is 2.86 bits per heavy atom. The molecule has 21 heavy (non-hydrogen) atoms. The summed E-state index contributed by atoms with van der Waals surface area (Å²) in [5.74, 6) is 1.15. The smallest absolute Gasteiger partial charge is 0.226 e. The van der Waals surface area contributed by atoms with E-state index in [0.29, 0.717) is 37.5 Å². The van der Waals surface area contributed by atoms with Crippen molar-refractivity contribution in [3.8, 4) is 11.4 Å². The van der Waals surface area contributed by atoms with Gasteiger partial charge in [0, 0.05) is 24.9 Å². The molecule has 0 aliphatic heterocycles. The highest BCUT2D eigenvalue weighted by Crippen LogP contribution is 2.16. The van der Waals surface area contributed by atoms with Crippen molar-refractivity contribution in [1.82, 2.24) is 15.5 Å². The van der Waals surface area contributed by atoms with E-state index >= 15 is 0 Å². The summed E-state index contributed by atoms with van der Waals surface area (Å²) >= 11 is 0. The first-order chi connectivity index (χ1) is 10.2. The van der Waals surface area contributed by atoms with Crippen LogP contribution in [0, 0.1) is 6.92 Å². The van der Waals surface area contributed by atoms with Crippen LogP contribution in [-0.4, -0.2) is 22.6 Å². The maximum absolute atomic E-state index is 11.4. The molecular weight excluding hydrogens is 266 g/mol. The number of nitrogens with one attached hydrogen (secondary N) is 1. The predicted molar refractivity (Wildman–Crippen MR) is 80.6 cm³/mol. The zero-order chi connectivity index (χ0) is 15.1. The fourth-order valence-corrected chi connectivity index (χ4v) is 1.85. The zero-order valence-corrected chi connectivity index (χ0v) is 12.1. The summed E-state index contributed by atoms with van der Waals surface area (Å²) in [5.41, 5.74) is 2.12. The van der Waals surface area contributed by atoms with Crippen LogP contribution in [0.4, 0.5) is 0 Å². The summed E-state index contributed by atoms with van der Waals surface area (Å²) < 4.78 is 5.20. The van der Waals surface area contributed by atoms with Crippen LogP contribution in [0.5, 0.6) is 0 Å². The van der Waals surface area contributed by atoms with E-state index in [2.05, 4.69) is 22.0 Å². The lowest BCUT2D eigenvalue weighted by Gasteiger charge is -1.99. The van der Waals surface area contributed by atoms with Gasteiger partial charge in [0.25, 0.3) is 0 Å². The van der Waals surface area contributed by atoms with E-state index in [4.69, 9.17) is 4.52 Å². The highest BCUT2D eigenvalue weighted by Gasteiger charge is 2.09. The first kappa shape index (κ1) is 15.0. The van der Waals surface area contributed by atoms with E-state index in [9.17, 15) is 4.79 Å². The second-order valence-corrected chi connectivity index (χ2v) is 4.82. The zero-order valence-electron chi connectivity index (χ0n) is 12.1. The molecule has 5 heteroatoms. The van der Waals surface area contributed by atoms with Gasteiger partial charge >= 0.3 is 0 Å². The van der Waals surface area contributed by atoms with Gasteiger partial charge in [-0.25, -0.2) is 0 Å². The Kier molecular flexibility index (Phi) is 5.26. The normalized spacial score (nSPS) is 10.3. The van der Waals surface area contributed by atoms with E-state index in [0.717, 1.165) is 5.56 Å². The van der Waals surface area contributed by atoms with Crippen LogP contribution in [0.1, 0.15) is 24.3 Å². The summed E-state index contributed by atoms with van der Waals surface area (Å²) in [4.78, 5) is 15.8. The number of hydrogen-bond donors (Lipinski definition) is 1. The molecule has 0 saturated carbocycles. The molecule has 0 atom stereocenters. The summed E-state index contributed by atoms with van der Waals surface area (Å²) in [6.07, 6.45) is 3.37. The molecule has 110 valence electrons. The fraction of sp³-hybridized carbons (Fsp3) is 0.312. The van der Waals surface area contributed by atoms with Gasteiger partial charge in [-0.05, 0) is 13.3 Å². The molecule has 1 heterocycles. The highest BCUT2D eigenvalue weighted by atomic mass is 16.5. The van der Waals surface area contributed by atoms with Gasteiger partial charge in [-0.3, -0.25) is 4.79 Å². The Morgan fingerprint density at radius 1 is 1.38 bits per heavy atom. The Hall–Kier alpha value is -2.43. The van der Waals surface area contributed by atoms with Gasteiger partial charge in [0.05, 0.1) is 0 Å². The highest BCUT2D eigenvalue weighted by molar-refractivity contribution is 5.75. The molecule has 0 aliphatic carbocycles. The lowest BCUT2D eigenvalue weighted by molar-refractivity contribution is -0.120. The maximum Gasteiger partial charge on any atom is 0.226 e. The lowest BCUT2D eigenvalue weighted by atomic mass is 10.1. The Balaban J connectivity index is 1.84. The van der Waals surface area contributed by atoms with Crippen molar-refractivity contribution in [2.75, 3.05) is 6.54 Å². The molecule has 0 saturated heterocycles. The molecule has 1 aromatic heterocycles. The molecule has 0 aliphatic rings. The molecule has 2 aromatic rings. The summed E-state index contributed by atoms with van der Waals surface area (Å²) in [5, 5.41) is 6.69. The maximum atomic E-state index is 11.4. The molecule has 1 N–H and O–H groups in total. The van der Waals surface area contributed by atoms with Crippen molar-refractivity contribution in [3.05, 3.63) is 48.4 Å². The second kappa shape index (κ2) is 7.38. The molecular formula is C16H19N3O2. The third-order valence-corrected chi connectivity index (χ3v) is 3.02. The molecule has 0 radical (unpaired) electrons. The predicted octanol–water partition coefficient (Wildman–Crippen LogP) is 2.67. The molecule has 0 spiro atoms. The molecule has 1 aromatic carbocycles. The van der Waals surface area contributed by atoms with Crippen LogP contribution < -0.4 is 5.32 Å². The Morgan fingerprint density at radius 2 is 2.14 bits per heavy atom. The molecule has 0 bridgehead atoms. The standard InChI is InChI=1S/C16H19N3O2/c1-3-11-17-14(20)5-4-6-15-18-16(19-21-15)13-9-7-12(2)8-10-13/h3,7-10H,1,4-6,11H2,2H3,(H,17,20). The minimum atomic E-state index is 0.00757. The molecule has 0 unspecified atom stereocenters. The van der Waals surface area contributed by atoms with Crippen molar-refractivity contribution in [2.45, 2.75) is 26.2 Å². The number of aryl methyl sites for hydroxylation is 2. The van der Waals surface area contributed by atoms with Gasteiger partial charge < -0.3 is 9.84 Å². The van der Waals surface area contributed by atoms with E-state index < -0.39 is 0 Å². The van der Waals surface area contributed by atoms with E-state index in [1.165, 1.54) is 5.56 Å². The van der Waals surface area contributed by atoms with Crippen molar-refractivity contribution in [2.24, 2.45) is 0 Å². The first-order valence-corrected chi connectivity index (χ1v) is 6.96. The topological polar surface area (TPSA) is 68.0 Å². The van der Waals surface area contributed by atoms with Crippen molar-refractivity contribution < 1.29 is 9.32 Å². The van der Waals surface area contributed by atoms with Crippen LogP contribution in [0.15, 0.2) is 41.4 Å². The van der Waals surface area contributed by atoms with Gasteiger partial charge in [-0.2, -0.15) is 4.98 Å². The van der Waals surface area contributed by atoms with Crippen molar-refractivity contribution in [1.29, 1.82) is 0 Å². The Labute approximate surface area is 124 Å². The first-order valence-electron chi connectivity index (χ1n) is 6.96. The van der Waals surface area contributed by atoms with Crippen LogP contribution in [0.25, 0.3) is 11.4 Å². The van der Waals surface area contributed by atoms with Crippen molar-refractivity contribution in [3.63, 3.8) is 0 Å². The lowest BCUT2D eigenvalue weighted by Crippen LogP contribution is -2.22. The molecule has 5 nitrogen and oxygen atoms in total. The van der Waals surface area contributed by atoms with Gasteiger partial charge in [0.2, 0.25) is 17.6 Å². The largest absolute Gasteiger partial charge is 0.353 e. The van der Waals surface area contributed by atoms with E-state index in [1.807, 2.05) is 31.2 Å². The fourth-order valence-electron chi connectivity index (χ4n) is 1.85. The quantitative estimate of drug-likeness (QED) is 0.794. The number of carbonyl (C=O) groups excluding carboxylic acids is 1. The number of amides is 1. The van der Waals surface area contributed by atoms with Crippen LogP contribution in [0.3, 0.4) is 0 Å². The summed E-state index contributed by atoms with van der Waals surface area (Å²) in [7, 11) is 0. The SMILES string of the molecule is C=CCNC(=O)CCCc1nc(-c2ccc(C)cc2)no1. The Bertz CT molecular complexity index is 602. The number of hydrogen-bond acceptors (Lipinski definition) is 4. The number of rotatable bonds is 7. The number of carbonyl (C=O) groups is 1. The minimum absolute atomic E-state index is 0.00757. The van der Waals surface area contributed by atoms with Crippen LogP contribution in [0.2, 0.25) is 0 Å². The average Bonchev–Trinajstić information content (AvgIpc) is 2.95. The number of aromatic nitrogens is 2. The van der Waals surface area contributed by atoms with Gasteiger partial charge in [0.1, 0.15) is 0 Å². The van der Waals surface area contributed by atoms with E-state index in [1.54, 1.807) is 6.08 Å². The van der Waals surface area contributed by atoms with Crippen LogP contribution in [-0.2, 0) is 11.2 Å². The third-order valence-electron chi connectivity index (χ3n) is 3.02. The second-order valence-electron chi connectivity index (χ2n) is 4.82. The number of nitrogens with zero attached hydrogens (tertiary/aromatic N) is 2. The van der Waals surface area contributed by atoms with E-state index in [-0.39, 0.29) is 5.91 Å². The van der Waals surface area contributed by atoms with Gasteiger partial charge in [-0.15, -0.1) is 6.58 Å².